The fourth-order valence-corrected chi connectivity index (χ4v) is 1.75. The van der Waals surface area contributed by atoms with Crippen molar-refractivity contribution in [2.75, 3.05) is 26.3 Å². The Kier molecular flexibility index (Phi) is 4.81. The van der Waals surface area contributed by atoms with Gasteiger partial charge in [0.2, 0.25) is 0 Å². The van der Waals surface area contributed by atoms with Crippen LogP contribution in [0.1, 0.15) is 26.7 Å². The highest BCUT2D eigenvalue weighted by atomic mass is 16.7. The lowest BCUT2D eigenvalue weighted by Gasteiger charge is -2.26. The number of ether oxygens (including phenoxy) is 2. The summed E-state index contributed by atoms with van der Waals surface area (Å²) < 4.78 is 10.8. The minimum Gasteiger partial charge on any atom is -0.388 e. The van der Waals surface area contributed by atoms with Crippen LogP contribution in [0, 0.1) is 0 Å². The van der Waals surface area contributed by atoms with Gasteiger partial charge in [0.1, 0.15) is 0 Å². The number of aliphatic hydroxyl groups is 1. The first-order valence-corrected chi connectivity index (χ1v) is 5.36. The Morgan fingerprint density at radius 1 is 1.36 bits per heavy atom. The molecule has 0 radical (unpaired) electrons. The van der Waals surface area contributed by atoms with Crippen molar-refractivity contribution < 1.29 is 14.6 Å². The van der Waals surface area contributed by atoms with Crippen LogP contribution < -0.4 is 5.32 Å². The van der Waals surface area contributed by atoms with E-state index >= 15 is 0 Å². The highest BCUT2D eigenvalue weighted by molar-refractivity contribution is 4.88. The summed E-state index contributed by atoms with van der Waals surface area (Å²) in [6, 6.07) is 0. The first kappa shape index (κ1) is 11.9. The van der Waals surface area contributed by atoms with Gasteiger partial charge in [-0.2, -0.15) is 0 Å². The smallest absolute Gasteiger partial charge is 0.160 e. The predicted octanol–water partition coefficient (Wildman–Crippen LogP) is 0.500. The Balaban J connectivity index is 2.36. The number of hydrogen-bond donors (Lipinski definition) is 2. The molecule has 0 aliphatic carbocycles. The highest BCUT2D eigenvalue weighted by Crippen LogP contribution is 2.22. The average molecular weight is 203 g/mol. The molecule has 1 aliphatic heterocycles. The third kappa shape index (κ3) is 3.53. The SMILES string of the molecule is CCOC(CC1(O)CCNC1)OCC. The monoisotopic (exact) mass is 203 g/mol. The zero-order valence-electron chi connectivity index (χ0n) is 9.08. The van der Waals surface area contributed by atoms with Crippen molar-refractivity contribution in [3.8, 4) is 0 Å². The van der Waals surface area contributed by atoms with Crippen molar-refractivity contribution in [3.05, 3.63) is 0 Å². The first-order chi connectivity index (χ1) is 6.70. The number of rotatable bonds is 6. The minimum atomic E-state index is -0.644. The van der Waals surface area contributed by atoms with E-state index in [0.29, 0.717) is 26.2 Å². The molecule has 4 nitrogen and oxygen atoms in total. The van der Waals surface area contributed by atoms with E-state index in [2.05, 4.69) is 5.32 Å². The molecule has 84 valence electrons. The van der Waals surface area contributed by atoms with E-state index in [0.717, 1.165) is 13.0 Å². The molecule has 4 heteroatoms. The quantitative estimate of drug-likeness (QED) is 0.617. The molecule has 0 bridgehead atoms. The Bertz CT molecular complexity index is 151. The van der Waals surface area contributed by atoms with Gasteiger partial charge >= 0.3 is 0 Å². The summed E-state index contributed by atoms with van der Waals surface area (Å²) >= 11 is 0. The molecular formula is C10H21NO3. The molecule has 1 aliphatic rings. The molecule has 1 fully saturated rings. The van der Waals surface area contributed by atoms with Gasteiger partial charge in [-0.1, -0.05) is 0 Å². The molecule has 1 saturated heterocycles. The van der Waals surface area contributed by atoms with E-state index in [9.17, 15) is 5.11 Å². The average Bonchev–Trinajstić information content (AvgIpc) is 2.53. The maximum absolute atomic E-state index is 10.1. The van der Waals surface area contributed by atoms with Crippen molar-refractivity contribution >= 4 is 0 Å². The zero-order chi connectivity index (χ0) is 10.4. The fraction of sp³-hybridized carbons (Fsp3) is 1.00. The van der Waals surface area contributed by atoms with Gasteiger partial charge in [0.25, 0.3) is 0 Å². The lowest BCUT2D eigenvalue weighted by atomic mass is 9.99. The van der Waals surface area contributed by atoms with E-state index < -0.39 is 5.60 Å². The van der Waals surface area contributed by atoms with Crippen LogP contribution in [0.25, 0.3) is 0 Å². The standard InChI is InChI=1S/C10H21NO3/c1-3-13-9(14-4-2)7-10(12)5-6-11-8-10/h9,11-12H,3-8H2,1-2H3. The largest absolute Gasteiger partial charge is 0.388 e. The Morgan fingerprint density at radius 3 is 2.43 bits per heavy atom. The molecule has 0 amide bonds. The molecule has 1 atom stereocenters. The van der Waals surface area contributed by atoms with Gasteiger partial charge in [-0.3, -0.25) is 0 Å². The van der Waals surface area contributed by atoms with Crippen molar-refractivity contribution in [2.45, 2.75) is 38.6 Å². The number of β-amino-alcohol motifs (C(OH)–C–C–N with tert-alkyl or cyclic N) is 1. The molecule has 0 saturated carbocycles. The zero-order valence-corrected chi connectivity index (χ0v) is 9.08. The van der Waals surface area contributed by atoms with E-state index in [1.165, 1.54) is 0 Å². The topological polar surface area (TPSA) is 50.7 Å². The van der Waals surface area contributed by atoms with Gasteiger partial charge in [0.15, 0.2) is 6.29 Å². The fourth-order valence-electron chi connectivity index (χ4n) is 1.75. The van der Waals surface area contributed by atoms with Crippen LogP contribution in [0.15, 0.2) is 0 Å². The third-order valence-corrected chi connectivity index (χ3v) is 2.47. The first-order valence-electron chi connectivity index (χ1n) is 5.36. The lowest BCUT2D eigenvalue weighted by Crippen LogP contribution is -2.37. The third-order valence-electron chi connectivity index (χ3n) is 2.47. The van der Waals surface area contributed by atoms with Crippen LogP contribution in [-0.4, -0.2) is 43.3 Å². The van der Waals surface area contributed by atoms with Crippen LogP contribution in [0.4, 0.5) is 0 Å². The summed E-state index contributed by atoms with van der Waals surface area (Å²) in [6.07, 6.45) is 1.07. The minimum absolute atomic E-state index is 0.269. The molecule has 2 N–H and O–H groups in total. The van der Waals surface area contributed by atoms with E-state index in [1.54, 1.807) is 0 Å². The summed E-state index contributed by atoms with van der Waals surface area (Å²) in [5, 5.41) is 13.2. The molecule has 0 spiro atoms. The highest BCUT2D eigenvalue weighted by Gasteiger charge is 2.34. The molecule has 0 aromatic rings. The van der Waals surface area contributed by atoms with Crippen LogP contribution in [0.2, 0.25) is 0 Å². The van der Waals surface area contributed by atoms with Gasteiger partial charge in [0, 0.05) is 26.2 Å². The summed E-state index contributed by atoms with van der Waals surface area (Å²) in [6.45, 7) is 6.62. The van der Waals surface area contributed by atoms with Crippen molar-refractivity contribution in [2.24, 2.45) is 0 Å². The predicted molar refractivity (Wildman–Crippen MR) is 54.1 cm³/mol. The second-order valence-electron chi connectivity index (χ2n) is 3.70. The van der Waals surface area contributed by atoms with Gasteiger partial charge in [-0.05, 0) is 26.8 Å². The molecular weight excluding hydrogens is 182 g/mol. The Hall–Kier alpha value is -0.160. The molecule has 0 aromatic heterocycles. The van der Waals surface area contributed by atoms with Gasteiger partial charge in [0.05, 0.1) is 5.60 Å². The Labute approximate surface area is 85.6 Å². The maximum Gasteiger partial charge on any atom is 0.160 e. The lowest BCUT2D eigenvalue weighted by molar-refractivity contribution is -0.166. The molecule has 1 rings (SSSR count). The van der Waals surface area contributed by atoms with Crippen molar-refractivity contribution in [1.29, 1.82) is 0 Å². The van der Waals surface area contributed by atoms with Gasteiger partial charge < -0.3 is 19.9 Å². The Morgan fingerprint density at radius 2 is 2.00 bits per heavy atom. The van der Waals surface area contributed by atoms with Crippen molar-refractivity contribution in [3.63, 3.8) is 0 Å². The molecule has 0 aromatic carbocycles. The van der Waals surface area contributed by atoms with E-state index in [1.807, 2.05) is 13.8 Å². The van der Waals surface area contributed by atoms with Crippen LogP contribution in [0.5, 0.6) is 0 Å². The second-order valence-corrected chi connectivity index (χ2v) is 3.70. The molecule has 14 heavy (non-hydrogen) atoms. The van der Waals surface area contributed by atoms with E-state index in [4.69, 9.17) is 9.47 Å². The number of hydrogen-bond acceptors (Lipinski definition) is 4. The van der Waals surface area contributed by atoms with Crippen LogP contribution in [-0.2, 0) is 9.47 Å². The summed E-state index contributed by atoms with van der Waals surface area (Å²) in [4.78, 5) is 0. The summed E-state index contributed by atoms with van der Waals surface area (Å²) in [5.74, 6) is 0. The van der Waals surface area contributed by atoms with Crippen LogP contribution >= 0.6 is 0 Å². The van der Waals surface area contributed by atoms with Gasteiger partial charge in [-0.15, -0.1) is 0 Å². The van der Waals surface area contributed by atoms with Crippen LogP contribution in [0.3, 0.4) is 0 Å². The van der Waals surface area contributed by atoms with Crippen molar-refractivity contribution in [1.82, 2.24) is 5.32 Å². The number of nitrogens with one attached hydrogen (secondary N) is 1. The van der Waals surface area contributed by atoms with Gasteiger partial charge in [-0.25, -0.2) is 0 Å². The second kappa shape index (κ2) is 5.66. The summed E-state index contributed by atoms with van der Waals surface area (Å²) in [5.41, 5.74) is -0.644. The van der Waals surface area contributed by atoms with E-state index in [-0.39, 0.29) is 6.29 Å². The molecule has 1 unspecified atom stereocenters. The normalized spacial score (nSPS) is 27.4. The maximum atomic E-state index is 10.1. The molecule has 1 heterocycles. The summed E-state index contributed by atoms with van der Waals surface area (Å²) in [7, 11) is 0.